The molecular weight excluding hydrogens is 352 g/mol. The number of hydrazone groups is 1. The summed E-state index contributed by atoms with van der Waals surface area (Å²) in [5, 5.41) is 12.1. The van der Waals surface area contributed by atoms with Gasteiger partial charge in [-0.1, -0.05) is 36.6 Å². The Balaban J connectivity index is 1.65. The lowest BCUT2D eigenvalue weighted by Gasteiger charge is -2.32. The summed E-state index contributed by atoms with van der Waals surface area (Å²) in [6.07, 6.45) is 5.94. The Bertz CT molecular complexity index is 661. The summed E-state index contributed by atoms with van der Waals surface area (Å²) in [6.45, 7) is 0.612. The molecule has 1 aliphatic carbocycles. The number of carbonyl (C=O) groups excluding carboxylic acids is 1. The van der Waals surface area contributed by atoms with Crippen molar-refractivity contribution in [2.75, 3.05) is 6.54 Å². The number of nitrogens with one attached hydrogen (secondary N) is 2. The first kappa shape index (κ1) is 18.8. The van der Waals surface area contributed by atoms with Gasteiger partial charge in [0.15, 0.2) is 0 Å². The number of halogens is 1. The predicted octanol–water partition coefficient (Wildman–Crippen LogP) is 2.48. The Morgan fingerprint density at radius 3 is 2.77 bits per heavy atom. The Morgan fingerprint density at radius 1 is 1.31 bits per heavy atom. The van der Waals surface area contributed by atoms with Crippen LogP contribution in [0.15, 0.2) is 29.4 Å². The zero-order valence-electron chi connectivity index (χ0n) is 14.8. The highest BCUT2D eigenvalue weighted by Gasteiger charge is 2.29. The lowest BCUT2D eigenvalue weighted by molar-refractivity contribution is 0.223. The first-order valence-corrected chi connectivity index (χ1v) is 9.56. The van der Waals surface area contributed by atoms with E-state index in [9.17, 15) is 4.79 Å². The van der Waals surface area contributed by atoms with Crippen molar-refractivity contribution in [2.45, 2.75) is 50.6 Å². The third kappa shape index (κ3) is 4.59. The number of rotatable bonds is 4. The van der Waals surface area contributed by atoms with Crippen LogP contribution in [0.2, 0.25) is 5.02 Å². The number of nitrogens with two attached hydrogens (primary N) is 2. The summed E-state index contributed by atoms with van der Waals surface area (Å²) in [5.74, 6) is 12.2. The predicted molar refractivity (Wildman–Crippen MR) is 103 cm³/mol. The molecule has 0 aromatic heterocycles. The fraction of sp³-hybridized carbons (Fsp3) is 0.556. The summed E-state index contributed by atoms with van der Waals surface area (Å²) in [6, 6.07) is 7.52. The molecule has 1 aromatic carbocycles. The molecule has 1 saturated carbocycles. The second kappa shape index (κ2) is 8.60. The third-order valence-electron chi connectivity index (χ3n) is 5.33. The van der Waals surface area contributed by atoms with Crippen molar-refractivity contribution < 1.29 is 4.79 Å². The van der Waals surface area contributed by atoms with E-state index < -0.39 is 0 Å². The van der Waals surface area contributed by atoms with Crippen LogP contribution in [0.4, 0.5) is 4.79 Å². The van der Waals surface area contributed by atoms with Gasteiger partial charge in [-0.05, 0) is 42.9 Å². The molecule has 6 N–H and O–H groups in total. The van der Waals surface area contributed by atoms with Crippen LogP contribution >= 0.6 is 11.6 Å². The summed E-state index contributed by atoms with van der Waals surface area (Å²) in [4.78, 5) is 12.6. The molecule has 0 spiro atoms. The quantitative estimate of drug-likeness (QED) is 0.476. The van der Waals surface area contributed by atoms with Crippen LogP contribution in [-0.4, -0.2) is 29.5 Å². The highest BCUT2D eigenvalue weighted by atomic mass is 35.5. The Labute approximate surface area is 159 Å². The minimum Gasteiger partial charge on any atom is -0.335 e. The Hall–Kier alpha value is -1.99. The molecule has 3 rings (SSSR count). The zero-order valence-corrected chi connectivity index (χ0v) is 15.6. The van der Waals surface area contributed by atoms with Crippen molar-refractivity contribution in [3.63, 3.8) is 0 Å². The number of benzene rings is 1. The summed E-state index contributed by atoms with van der Waals surface area (Å²) in [5.41, 5.74) is 1.06. The fourth-order valence-electron chi connectivity index (χ4n) is 3.95. The number of piperidine rings is 1. The fourth-order valence-corrected chi connectivity index (χ4v) is 4.14. The van der Waals surface area contributed by atoms with E-state index in [0.29, 0.717) is 29.7 Å². The molecular formula is C18H27ClN6O. The summed E-state index contributed by atoms with van der Waals surface area (Å²) in [7, 11) is 0. The SMILES string of the molecule is N/N=C1/CC(NC(=O)NC(c2cccc(Cl)c2)C2CCCC2)CCN1N. The number of amides is 2. The van der Waals surface area contributed by atoms with Crippen molar-refractivity contribution in [3.05, 3.63) is 34.9 Å². The summed E-state index contributed by atoms with van der Waals surface area (Å²) < 4.78 is 0. The van der Waals surface area contributed by atoms with Gasteiger partial charge in [0.05, 0.1) is 6.04 Å². The maximum Gasteiger partial charge on any atom is 0.315 e. The van der Waals surface area contributed by atoms with Gasteiger partial charge in [-0.3, -0.25) is 5.01 Å². The monoisotopic (exact) mass is 378 g/mol. The van der Waals surface area contributed by atoms with Gasteiger partial charge in [0.2, 0.25) is 0 Å². The maximum absolute atomic E-state index is 12.6. The molecule has 0 radical (unpaired) electrons. The van der Waals surface area contributed by atoms with E-state index in [-0.39, 0.29) is 18.1 Å². The Morgan fingerprint density at radius 2 is 2.08 bits per heavy atom. The highest BCUT2D eigenvalue weighted by Crippen LogP contribution is 2.36. The lowest BCUT2D eigenvalue weighted by atomic mass is 9.91. The molecule has 2 aliphatic rings. The van der Waals surface area contributed by atoms with Crippen LogP contribution in [0.25, 0.3) is 0 Å². The molecule has 1 aromatic rings. The zero-order chi connectivity index (χ0) is 18.5. The van der Waals surface area contributed by atoms with E-state index in [1.165, 1.54) is 17.9 Å². The molecule has 7 nitrogen and oxygen atoms in total. The highest BCUT2D eigenvalue weighted by molar-refractivity contribution is 6.30. The molecule has 1 aliphatic heterocycles. The average Bonchev–Trinajstić information content (AvgIpc) is 3.15. The number of hydrazine groups is 1. The molecule has 2 atom stereocenters. The van der Waals surface area contributed by atoms with Crippen LogP contribution in [0.1, 0.15) is 50.1 Å². The van der Waals surface area contributed by atoms with Crippen molar-refractivity contribution in [1.29, 1.82) is 0 Å². The van der Waals surface area contributed by atoms with Gasteiger partial charge in [0, 0.05) is 24.0 Å². The molecule has 26 heavy (non-hydrogen) atoms. The van der Waals surface area contributed by atoms with Gasteiger partial charge in [0.25, 0.3) is 0 Å². The van der Waals surface area contributed by atoms with Gasteiger partial charge in [-0.25, -0.2) is 10.6 Å². The molecule has 8 heteroatoms. The summed E-state index contributed by atoms with van der Waals surface area (Å²) >= 11 is 6.16. The minimum absolute atomic E-state index is 0.0271. The molecule has 2 unspecified atom stereocenters. The second-order valence-corrected chi connectivity index (χ2v) is 7.56. The number of carbonyl (C=O) groups is 1. The van der Waals surface area contributed by atoms with E-state index in [4.69, 9.17) is 23.3 Å². The van der Waals surface area contributed by atoms with E-state index in [2.05, 4.69) is 15.7 Å². The maximum atomic E-state index is 12.6. The number of amidine groups is 1. The van der Waals surface area contributed by atoms with Gasteiger partial charge in [-0.2, -0.15) is 5.10 Å². The van der Waals surface area contributed by atoms with Crippen LogP contribution in [-0.2, 0) is 0 Å². The van der Waals surface area contributed by atoms with Crippen LogP contribution in [0.5, 0.6) is 0 Å². The minimum atomic E-state index is -0.172. The van der Waals surface area contributed by atoms with Crippen molar-refractivity contribution >= 4 is 23.5 Å². The van der Waals surface area contributed by atoms with Gasteiger partial charge in [-0.15, -0.1) is 0 Å². The van der Waals surface area contributed by atoms with E-state index in [1.54, 1.807) is 0 Å². The largest absolute Gasteiger partial charge is 0.335 e. The van der Waals surface area contributed by atoms with Crippen molar-refractivity contribution in [2.24, 2.45) is 22.7 Å². The van der Waals surface area contributed by atoms with E-state index in [0.717, 1.165) is 24.8 Å². The van der Waals surface area contributed by atoms with Gasteiger partial charge in [0.1, 0.15) is 5.84 Å². The molecule has 1 heterocycles. The van der Waals surface area contributed by atoms with E-state index in [1.807, 2.05) is 24.3 Å². The van der Waals surface area contributed by atoms with Crippen LogP contribution in [0.3, 0.4) is 0 Å². The first-order chi connectivity index (χ1) is 12.6. The number of hydrogen-bond acceptors (Lipinski definition) is 4. The third-order valence-corrected chi connectivity index (χ3v) is 5.56. The second-order valence-electron chi connectivity index (χ2n) is 7.12. The first-order valence-electron chi connectivity index (χ1n) is 9.18. The molecule has 0 bridgehead atoms. The number of hydrogen-bond donors (Lipinski definition) is 4. The average molecular weight is 379 g/mol. The number of urea groups is 1. The van der Waals surface area contributed by atoms with Crippen molar-refractivity contribution in [3.8, 4) is 0 Å². The lowest BCUT2D eigenvalue weighted by Crippen LogP contribution is -2.53. The molecule has 2 amide bonds. The van der Waals surface area contributed by atoms with Gasteiger partial charge < -0.3 is 16.5 Å². The van der Waals surface area contributed by atoms with Gasteiger partial charge >= 0.3 is 6.03 Å². The molecule has 1 saturated heterocycles. The molecule has 2 fully saturated rings. The normalized spacial score (nSPS) is 23.8. The smallest absolute Gasteiger partial charge is 0.315 e. The molecule has 142 valence electrons. The van der Waals surface area contributed by atoms with Crippen LogP contribution in [0, 0.1) is 5.92 Å². The van der Waals surface area contributed by atoms with Crippen molar-refractivity contribution in [1.82, 2.24) is 15.6 Å². The van der Waals surface area contributed by atoms with E-state index >= 15 is 0 Å². The standard InChI is InChI=1S/C18H27ClN6O/c19-14-7-3-6-13(10-14)17(12-4-1-2-5-12)23-18(26)22-15-8-9-25(21)16(11-15)24-20/h3,6-7,10,12,15,17H,1-2,4-5,8-9,11,20-21H2,(H2,22,23,26)/b24-16-. The topological polar surface area (TPSA) is 109 Å². The number of nitrogens with zero attached hydrogens (tertiary/aromatic N) is 2. The Kier molecular flexibility index (Phi) is 6.21. The van der Waals surface area contributed by atoms with Crippen LogP contribution < -0.4 is 22.3 Å².